The number of anilines is 1. The Morgan fingerprint density at radius 2 is 2.00 bits per heavy atom. The second-order valence-electron chi connectivity index (χ2n) is 4.24. The number of hydrogen-bond donors (Lipinski definition) is 1. The number of furan rings is 1. The van der Waals surface area contributed by atoms with Crippen molar-refractivity contribution in [2.45, 2.75) is 6.61 Å². The summed E-state index contributed by atoms with van der Waals surface area (Å²) < 4.78 is 24.3. The fraction of sp³-hybridized carbons (Fsp3) is 0.0667. The molecule has 0 aliphatic heterocycles. The van der Waals surface area contributed by atoms with Crippen LogP contribution in [0.2, 0.25) is 0 Å². The molecule has 0 saturated heterocycles. The lowest BCUT2D eigenvalue weighted by Crippen LogP contribution is -1.96. The highest BCUT2D eigenvalue weighted by Gasteiger charge is 2.08. The Labute approximate surface area is 109 Å². The van der Waals surface area contributed by atoms with Gasteiger partial charge in [0.2, 0.25) is 0 Å². The lowest BCUT2D eigenvalue weighted by Gasteiger charge is -2.05. The highest BCUT2D eigenvalue weighted by atomic mass is 19.1. The van der Waals surface area contributed by atoms with E-state index in [1.807, 2.05) is 6.07 Å². The molecule has 0 unspecified atom stereocenters. The van der Waals surface area contributed by atoms with Gasteiger partial charge in [0.1, 0.15) is 12.2 Å². The minimum atomic E-state index is -0.375. The third-order valence-electron chi connectivity index (χ3n) is 2.90. The molecule has 0 aliphatic rings. The summed E-state index contributed by atoms with van der Waals surface area (Å²) in [5, 5.41) is 0.922. The standard InChI is InChI=1S/C15H12FNO2/c16-13-3-1-2-4-14(13)18-8-10-9-19-15-7-11(17)5-6-12(10)15/h1-7,9H,8,17H2. The molecular formula is C15H12FNO2. The number of nitrogen functional groups attached to an aromatic ring is 1. The van der Waals surface area contributed by atoms with Crippen LogP contribution in [-0.4, -0.2) is 0 Å². The summed E-state index contributed by atoms with van der Waals surface area (Å²) in [6.07, 6.45) is 1.60. The van der Waals surface area contributed by atoms with E-state index in [4.69, 9.17) is 14.9 Å². The number of fused-ring (bicyclic) bond motifs is 1. The molecule has 0 radical (unpaired) electrons. The van der Waals surface area contributed by atoms with Crippen LogP contribution in [0.3, 0.4) is 0 Å². The van der Waals surface area contributed by atoms with E-state index in [0.717, 1.165) is 10.9 Å². The number of hydrogen-bond acceptors (Lipinski definition) is 3. The molecule has 1 heterocycles. The predicted octanol–water partition coefficient (Wildman–Crippen LogP) is 3.73. The van der Waals surface area contributed by atoms with Crippen molar-refractivity contribution in [3.63, 3.8) is 0 Å². The smallest absolute Gasteiger partial charge is 0.165 e. The highest BCUT2D eigenvalue weighted by Crippen LogP contribution is 2.25. The number of halogens is 1. The molecule has 0 amide bonds. The first-order valence-corrected chi connectivity index (χ1v) is 5.87. The number of nitrogens with two attached hydrogens (primary N) is 1. The van der Waals surface area contributed by atoms with Crippen LogP contribution in [0.15, 0.2) is 53.1 Å². The monoisotopic (exact) mass is 257 g/mol. The van der Waals surface area contributed by atoms with E-state index in [1.54, 1.807) is 36.6 Å². The Kier molecular flexibility index (Phi) is 2.83. The van der Waals surface area contributed by atoms with Gasteiger partial charge < -0.3 is 14.9 Å². The molecule has 2 N–H and O–H groups in total. The van der Waals surface area contributed by atoms with Gasteiger partial charge in [-0.2, -0.15) is 0 Å². The van der Waals surface area contributed by atoms with Crippen LogP contribution in [0.5, 0.6) is 5.75 Å². The van der Waals surface area contributed by atoms with E-state index in [9.17, 15) is 4.39 Å². The van der Waals surface area contributed by atoms with E-state index in [1.165, 1.54) is 6.07 Å². The first-order chi connectivity index (χ1) is 9.24. The van der Waals surface area contributed by atoms with Gasteiger partial charge in [-0.05, 0) is 24.3 Å². The summed E-state index contributed by atoms with van der Waals surface area (Å²) in [5.74, 6) is -0.146. The average Bonchev–Trinajstić information content (AvgIpc) is 2.80. The largest absolute Gasteiger partial charge is 0.486 e. The lowest BCUT2D eigenvalue weighted by atomic mass is 10.2. The van der Waals surface area contributed by atoms with Crippen LogP contribution in [0.25, 0.3) is 11.0 Å². The van der Waals surface area contributed by atoms with Gasteiger partial charge in [0.05, 0.1) is 6.26 Å². The van der Waals surface area contributed by atoms with Gasteiger partial charge in [-0.3, -0.25) is 0 Å². The van der Waals surface area contributed by atoms with E-state index in [-0.39, 0.29) is 18.2 Å². The maximum Gasteiger partial charge on any atom is 0.165 e. The Hall–Kier alpha value is -2.49. The molecule has 19 heavy (non-hydrogen) atoms. The molecule has 2 aromatic carbocycles. The van der Waals surface area contributed by atoms with Crippen molar-refractivity contribution in [3.05, 3.63) is 60.1 Å². The van der Waals surface area contributed by atoms with Crippen molar-refractivity contribution in [2.24, 2.45) is 0 Å². The number of benzene rings is 2. The SMILES string of the molecule is Nc1ccc2c(COc3ccccc3F)coc2c1. The summed E-state index contributed by atoms with van der Waals surface area (Å²) in [6.45, 7) is 0.248. The van der Waals surface area contributed by atoms with Gasteiger partial charge in [0, 0.05) is 22.7 Å². The molecule has 4 heteroatoms. The third-order valence-corrected chi connectivity index (χ3v) is 2.90. The topological polar surface area (TPSA) is 48.4 Å². The number of para-hydroxylation sites is 1. The minimum Gasteiger partial charge on any atom is -0.486 e. The molecule has 3 aromatic rings. The predicted molar refractivity (Wildman–Crippen MR) is 71.4 cm³/mol. The summed E-state index contributed by atoms with van der Waals surface area (Å²) >= 11 is 0. The molecule has 0 bridgehead atoms. The van der Waals surface area contributed by atoms with Crippen LogP contribution in [-0.2, 0) is 6.61 Å². The van der Waals surface area contributed by atoms with Gasteiger partial charge in [-0.1, -0.05) is 12.1 Å². The fourth-order valence-electron chi connectivity index (χ4n) is 1.93. The zero-order chi connectivity index (χ0) is 13.2. The maximum atomic E-state index is 13.4. The van der Waals surface area contributed by atoms with Crippen molar-refractivity contribution < 1.29 is 13.5 Å². The molecule has 3 rings (SSSR count). The molecule has 0 aliphatic carbocycles. The highest BCUT2D eigenvalue weighted by molar-refractivity contribution is 5.83. The number of ether oxygens (including phenoxy) is 1. The van der Waals surface area contributed by atoms with Gasteiger partial charge >= 0.3 is 0 Å². The molecular weight excluding hydrogens is 245 g/mol. The molecule has 0 saturated carbocycles. The van der Waals surface area contributed by atoms with Gasteiger partial charge in [0.25, 0.3) is 0 Å². The minimum absolute atomic E-state index is 0.229. The molecule has 3 nitrogen and oxygen atoms in total. The second kappa shape index (κ2) is 4.65. The first-order valence-electron chi connectivity index (χ1n) is 5.87. The van der Waals surface area contributed by atoms with Crippen molar-refractivity contribution >= 4 is 16.7 Å². The van der Waals surface area contributed by atoms with Gasteiger partial charge in [-0.25, -0.2) is 4.39 Å². The Morgan fingerprint density at radius 3 is 2.84 bits per heavy atom. The van der Waals surface area contributed by atoms with E-state index >= 15 is 0 Å². The summed E-state index contributed by atoms with van der Waals surface area (Å²) in [4.78, 5) is 0. The molecule has 96 valence electrons. The van der Waals surface area contributed by atoms with Gasteiger partial charge in [-0.15, -0.1) is 0 Å². The quantitative estimate of drug-likeness (QED) is 0.727. The fourth-order valence-corrected chi connectivity index (χ4v) is 1.93. The summed E-state index contributed by atoms with van der Waals surface area (Å²) in [7, 11) is 0. The Balaban J connectivity index is 1.84. The van der Waals surface area contributed by atoms with E-state index in [0.29, 0.717) is 11.3 Å². The molecule has 0 spiro atoms. The van der Waals surface area contributed by atoms with E-state index in [2.05, 4.69) is 0 Å². The van der Waals surface area contributed by atoms with Crippen LogP contribution in [0.4, 0.5) is 10.1 Å². The third kappa shape index (κ3) is 2.25. The zero-order valence-electron chi connectivity index (χ0n) is 10.1. The molecule has 1 aromatic heterocycles. The van der Waals surface area contributed by atoms with Crippen LogP contribution >= 0.6 is 0 Å². The van der Waals surface area contributed by atoms with Crippen LogP contribution < -0.4 is 10.5 Å². The van der Waals surface area contributed by atoms with E-state index < -0.39 is 0 Å². The average molecular weight is 257 g/mol. The lowest BCUT2D eigenvalue weighted by molar-refractivity contribution is 0.290. The molecule has 0 atom stereocenters. The Bertz CT molecular complexity index is 721. The maximum absolute atomic E-state index is 13.4. The number of rotatable bonds is 3. The normalized spacial score (nSPS) is 10.8. The van der Waals surface area contributed by atoms with Crippen molar-refractivity contribution in [3.8, 4) is 5.75 Å². The Morgan fingerprint density at radius 1 is 1.16 bits per heavy atom. The van der Waals surface area contributed by atoms with Crippen molar-refractivity contribution in [1.82, 2.24) is 0 Å². The zero-order valence-corrected chi connectivity index (χ0v) is 10.1. The summed E-state index contributed by atoms with van der Waals surface area (Å²) in [5.41, 5.74) is 7.88. The first kappa shape index (κ1) is 11.6. The van der Waals surface area contributed by atoms with Crippen LogP contribution in [0.1, 0.15) is 5.56 Å². The van der Waals surface area contributed by atoms with Gasteiger partial charge in [0.15, 0.2) is 11.6 Å². The molecule has 0 fully saturated rings. The van der Waals surface area contributed by atoms with Crippen molar-refractivity contribution in [1.29, 1.82) is 0 Å². The summed E-state index contributed by atoms with van der Waals surface area (Å²) in [6, 6.07) is 11.7. The van der Waals surface area contributed by atoms with Crippen molar-refractivity contribution in [2.75, 3.05) is 5.73 Å². The van der Waals surface area contributed by atoms with Crippen LogP contribution in [0, 0.1) is 5.82 Å². The second-order valence-corrected chi connectivity index (χ2v) is 4.24.